The van der Waals surface area contributed by atoms with Crippen molar-refractivity contribution in [2.75, 3.05) is 0 Å². The molecule has 0 N–H and O–H groups in total. The fourth-order valence-corrected chi connectivity index (χ4v) is 3.84. The standard InChI is InChI=1S/C23H34N6O6/c30-22(26-16-20(24-18-26)28(32)33)14-12-10-8-6-4-2-1-3-5-7-9-11-13-15-23(31)27-17-21(25-19-27)29(34)35/h16-19H,1-15H2. The van der Waals surface area contributed by atoms with Gasteiger partial charge >= 0.3 is 11.6 Å². The second-order valence-electron chi connectivity index (χ2n) is 8.68. The Morgan fingerprint density at radius 2 is 0.886 bits per heavy atom. The van der Waals surface area contributed by atoms with Crippen molar-refractivity contribution in [3.8, 4) is 0 Å². The van der Waals surface area contributed by atoms with Crippen molar-refractivity contribution < 1.29 is 19.4 Å². The maximum absolute atomic E-state index is 12.0. The number of aromatic nitrogens is 4. The predicted molar refractivity (Wildman–Crippen MR) is 128 cm³/mol. The van der Waals surface area contributed by atoms with Gasteiger partial charge < -0.3 is 20.2 Å². The summed E-state index contributed by atoms with van der Waals surface area (Å²) in [7, 11) is 0. The third kappa shape index (κ3) is 10.6. The molecule has 0 unspecified atom stereocenters. The Labute approximate surface area is 204 Å². The van der Waals surface area contributed by atoms with Gasteiger partial charge in [0.15, 0.2) is 0 Å². The zero-order valence-electron chi connectivity index (χ0n) is 20.0. The van der Waals surface area contributed by atoms with Crippen molar-refractivity contribution in [3.05, 3.63) is 45.3 Å². The highest BCUT2D eigenvalue weighted by Gasteiger charge is 2.15. The lowest BCUT2D eigenvalue weighted by molar-refractivity contribution is -0.389. The zero-order valence-corrected chi connectivity index (χ0v) is 20.0. The molecule has 0 aromatic carbocycles. The van der Waals surface area contributed by atoms with Crippen LogP contribution in [0.3, 0.4) is 0 Å². The molecule has 12 nitrogen and oxygen atoms in total. The number of carbonyl (C=O) groups is 2. The molecule has 2 heterocycles. The van der Waals surface area contributed by atoms with Crippen LogP contribution in [0.1, 0.15) is 106 Å². The van der Waals surface area contributed by atoms with Crippen LogP contribution in [-0.4, -0.2) is 40.8 Å². The molecule has 12 heteroatoms. The molecule has 0 aliphatic carbocycles. The zero-order chi connectivity index (χ0) is 25.5. The van der Waals surface area contributed by atoms with Gasteiger partial charge in [-0.1, -0.05) is 70.6 Å². The highest BCUT2D eigenvalue weighted by atomic mass is 16.6. The molecule has 0 bridgehead atoms. The third-order valence-corrected chi connectivity index (χ3v) is 5.87. The summed E-state index contributed by atoms with van der Waals surface area (Å²) in [5, 5.41) is 21.2. The Bertz CT molecular complexity index is 893. The van der Waals surface area contributed by atoms with E-state index in [1.54, 1.807) is 0 Å². The van der Waals surface area contributed by atoms with E-state index in [-0.39, 0.29) is 23.5 Å². The molecular formula is C23H34N6O6. The number of nitrogens with zero attached hydrogens (tertiary/aromatic N) is 6. The average Bonchev–Trinajstić information content (AvgIpc) is 3.52. The van der Waals surface area contributed by atoms with Crippen LogP contribution in [0, 0.1) is 20.2 Å². The van der Waals surface area contributed by atoms with Gasteiger partial charge in [0.1, 0.15) is 12.4 Å². The van der Waals surface area contributed by atoms with Crippen LogP contribution in [-0.2, 0) is 0 Å². The number of hydrogen-bond acceptors (Lipinski definition) is 8. The van der Waals surface area contributed by atoms with E-state index in [0.717, 1.165) is 63.8 Å². The number of rotatable bonds is 18. The molecule has 2 rings (SSSR count). The quantitative estimate of drug-likeness (QED) is 0.146. The first kappa shape index (κ1) is 27.8. The van der Waals surface area contributed by atoms with Gasteiger partial charge in [-0.05, 0) is 32.7 Å². The molecule has 2 aromatic heterocycles. The number of nitro groups is 2. The van der Waals surface area contributed by atoms with Crippen molar-refractivity contribution in [1.29, 1.82) is 0 Å². The summed E-state index contributed by atoms with van der Waals surface area (Å²) in [6, 6.07) is 0. The molecule has 2 aromatic rings. The maximum Gasteiger partial charge on any atom is 0.381 e. The summed E-state index contributed by atoms with van der Waals surface area (Å²) in [6.45, 7) is 0. The van der Waals surface area contributed by atoms with E-state index in [9.17, 15) is 29.8 Å². The molecule has 0 spiro atoms. The van der Waals surface area contributed by atoms with Gasteiger partial charge in [0, 0.05) is 12.8 Å². The average molecular weight is 491 g/mol. The van der Waals surface area contributed by atoms with E-state index in [1.165, 1.54) is 53.9 Å². The second kappa shape index (κ2) is 15.5. The van der Waals surface area contributed by atoms with Gasteiger partial charge in [-0.25, -0.2) is 9.13 Å². The van der Waals surface area contributed by atoms with Gasteiger partial charge in [0.2, 0.25) is 24.5 Å². The number of imidazole rings is 2. The van der Waals surface area contributed by atoms with Crippen molar-refractivity contribution in [3.63, 3.8) is 0 Å². The molecule has 0 saturated heterocycles. The minimum Gasteiger partial charge on any atom is -0.358 e. The maximum atomic E-state index is 12.0. The summed E-state index contributed by atoms with van der Waals surface area (Å²) in [5.74, 6) is -0.954. The van der Waals surface area contributed by atoms with E-state index in [1.807, 2.05) is 0 Å². The highest BCUT2D eigenvalue weighted by Crippen LogP contribution is 2.15. The Hall–Kier alpha value is -3.44. The lowest BCUT2D eigenvalue weighted by atomic mass is 10.0. The highest BCUT2D eigenvalue weighted by molar-refractivity contribution is 5.79. The first-order valence-corrected chi connectivity index (χ1v) is 12.3. The molecule has 35 heavy (non-hydrogen) atoms. The topological polar surface area (TPSA) is 156 Å². The summed E-state index contributed by atoms with van der Waals surface area (Å²) in [6.07, 6.45) is 19.4. The van der Waals surface area contributed by atoms with Crippen LogP contribution in [0.5, 0.6) is 0 Å². The van der Waals surface area contributed by atoms with Crippen LogP contribution >= 0.6 is 0 Å². The normalized spacial score (nSPS) is 11.0. The molecule has 0 aliphatic heterocycles. The fraction of sp³-hybridized carbons (Fsp3) is 0.652. The lowest BCUT2D eigenvalue weighted by Crippen LogP contribution is -2.07. The van der Waals surface area contributed by atoms with Gasteiger partial charge in [-0.2, -0.15) is 0 Å². The smallest absolute Gasteiger partial charge is 0.358 e. The van der Waals surface area contributed by atoms with E-state index in [4.69, 9.17) is 0 Å². The van der Waals surface area contributed by atoms with E-state index in [2.05, 4.69) is 9.97 Å². The summed E-state index contributed by atoms with van der Waals surface area (Å²) in [4.78, 5) is 51.1. The van der Waals surface area contributed by atoms with E-state index >= 15 is 0 Å². The molecule has 0 fully saturated rings. The van der Waals surface area contributed by atoms with Crippen LogP contribution in [0.4, 0.5) is 11.6 Å². The number of unbranched alkanes of at least 4 members (excludes halogenated alkanes) is 12. The van der Waals surface area contributed by atoms with Gasteiger partial charge in [0.25, 0.3) is 0 Å². The summed E-state index contributed by atoms with van der Waals surface area (Å²) >= 11 is 0. The largest absolute Gasteiger partial charge is 0.381 e. The van der Waals surface area contributed by atoms with Crippen molar-refractivity contribution in [1.82, 2.24) is 19.1 Å². The number of carbonyl (C=O) groups excluding carboxylic acids is 2. The first-order chi connectivity index (χ1) is 16.9. The first-order valence-electron chi connectivity index (χ1n) is 12.3. The molecule has 0 aliphatic rings. The predicted octanol–water partition coefficient (Wildman–Crippen LogP) is 5.73. The SMILES string of the molecule is O=C(CCCCCCCCCCCCCCCC(=O)n1cnc([N+](=O)[O-])c1)n1cnc([N+](=O)[O-])c1. The minimum absolute atomic E-state index is 0.165. The summed E-state index contributed by atoms with van der Waals surface area (Å²) < 4.78 is 2.38. The van der Waals surface area contributed by atoms with Crippen LogP contribution < -0.4 is 0 Å². The van der Waals surface area contributed by atoms with E-state index < -0.39 is 9.85 Å². The van der Waals surface area contributed by atoms with Crippen molar-refractivity contribution in [2.24, 2.45) is 0 Å². The van der Waals surface area contributed by atoms with Gasteiger partial charge in [-0.3, -0.25) is 9.59 Å². The Morgan fingerprint density at radius 1 is 0.600 bits per heavy atom. The van der Waals surface area contributed by atoms with Crippen LogP contribution in [0.15, 0.2) is 25.0 Å². The van der Waals surface area contributed by atoms with Gasteiger partial charge in [0.05, 0.1) is 0 Å². The van der Waals surface area contributed by atoms with Crippen LogP contribution in [0.25, 0.3) is 0 Å². The second-order valence-corrected chi connectivity index (χ2v) is 8.68. The lowest BCUT2D eigenvalue weighted by Gasteiger charge is -2.04. The van der Waals surface area contributed by atoms with Gasteiger partial charge in [-0.15, -0.1) is 0 Å². The van der Waals surface area contributed by atoms with E-state index in [0.29, 0.717) is 12.8 Å². The Morgan fingerprint density at radius 3 is 1.14 bits per heavy atom. The van der Waals surface area contributed by atoms with Crippen LogP contribution in [0.2, 0.25) is 0 Å². The third-order valence-electron chi connectivity index (χ3n) is 5.87. The minimum atomic E-state index is -0.613. The van der Waals surface area contributed by atoms with Crippen molar-refractivity contribution >= 4 is 23.5 Å². The Kier molecular flexibility index (Phi) is 12.3. The molecular weight excluding hydrogens is 456 g/mol. The molecule has 0 atom stereocenters. The molecule has 0 radical (unpaired) electrons. The van der Waals surface area contributed by atoms with Crippen molar-refractivity contribution in [2.45, 2.75) is 96.3 Å². The molecule has 0 amide bonds. The monoisotopic (exact) mass is 490 g/mol. The number of hydrogen-bond donors (Lipinski definition) is 0. The summed E-state index contributed by atoms with van der Waals surface area (Å²) in [5.41, 5.74) is 0. The molecule has 192 valence electrons. The fourth-order valence-electron chi connectivity index (χ4n) is 3.84. The molecule has 0 saturated carbocycles. The Balaban J connectivity index is 1.35.